The minimum atomic E-state index is -0.243. The van der Waals surface area contributed by atoms with Crippen LogP contribution in [0.3, 0.4) is 0 Å². The van der Waals surface area contributed by atoms with Crippen molar-refractivity contribution in [3.05, 3.63) is 62.9 Å². The summed E-state index contributed by atoms with van der Waals surface area (Å²) in [7, 11) is 0. The molecule has 0 N–H and O–H groups in total. The van der Waals surface area contributed by atoms with Gasteiger partial charge in [-0.05, 0) is 31.0 Å². The maximum absolute atomic E-state index is 12.5. The molecule has 19 heavy (non-hydrogen) atoms. The summed E-state index contributed by atoms with van der Waals surface area (Å²) in [5, 5.41) is 0. The summed E-state index contributed by atoms with van der Waals surface area (Å²) in [6.45, 7) is 1.95. The molecule has 0 saturated heterocycles. The molecule has 1 aromatic carbocycles. The van der Waals surface area contributed by atoms with Crippen molar-refractivity contribution >= 4 is 0 Å². The molecular formula is C14H13N3O2. The highest BCUT2D eigenvalue weighted by molar-refractivity contribution is 5.35. The zero-order chi connectivity index (χ0) is 13.1. The van der Waals surface area contributed by atoms with E-state index in [0.717, 1.165) is 12.0 Å². The van der Waals surface area contributed by atoms with Crippen LogP contribution in [0.2, 0.25) is 0 Å². The molecular weight excluding hydrogens is 242 g/mol. The monoisotopic (exact) mass is 255 g/mol. The Morgan fingerprint density at radius 2 is 1.68 bits per heavy atom. The molecule has 2 aromatic rings. The van der Waals surface area contributed by atoms with Gasteiger partial charge in [0.2, 0.25) is 0 Å². The minimum absolute atomic E-state index is 0.0382. The smallest absolute Gasteiger partial charge is 0.245 e. The zero-order valence-corrected chi connectivity index (χ0v) is 10.5. The average Bonchev–Trinajstić information content (AvgIpc) is 3.04. The second-order valence-corrected chi connectivity index (χ2v) is 5.18. The molecule has 2 atom stereocenters. The van der Waals surface area contributed by atoms with Crippen molar-refractivity contribution < 1.29 is 0 Å². The molecule has 2 aliphatic rings. The highest BCUT2D eigenvalue weighted by Gasteiger charge is 2.37. The molecule has 0 amide bonds. The summed E-state index contributed by atoms with van der Waals surface area (Å²) < 4.78 is 4.42. The second-order valence-electron chi connectivity index (χ2n) is 5.18. The number of hydrogen-bond donors (Lipinski definition) is 0. The molecule has 4 rings (SSSR count). The Bertz CT molecular complexity index is 778. The van der Waals surface area contributed by atoms with Crippen LogP contribution in [0.15, 0.2) is 46.0 Å². The highest BCUT2D eigenvalue weighted by atomic mass is 16.2. The lowest BCUT2D eigenvalue weighted by Gasteiger charge is -2.07. The van der Waals surface area contributed by atoms with E-state index in [1.54, 1.807) is 15.4 Å². The van der Waals surface area contributed by atoms with Gasteiger partial charge in [0.05, 0.1) is 17.8 Å². The topological polar surface area (TPSA) is 48.9 Å². The number of rotatable bonds is 1. The van der Waals surface area contributed by atoms with Gasteiger partial charge in [-0.15, -0.1) is 0 Å². The van der Waals surface area contributed by atoms with Gasteiger partial charge in [-0.25, -0.2) is 23.5 Å². The van der Waals surface area contributed by atoms with Crippen LogP contribution in [-0.2, 0) is 0 Å². The van der Waals surface area contributed by atoms with E-state index in [4.69, 9.17) is 0 Å². The second kappa shape index (κ2) is 3.38. The fraction of sp³-hybridized carbons (Fsp3) is 0.286. The third kappa shape index (κ3) is 1.24. The van der Waals surface area contributed by atoms with Crippen LogP contribution in [0.1, 0.15) is 24.1 Å². The Morgan fingerprint density at radius 1 is 1.05 bits per heavy atom. The van der Waals surface area contributed by atoms with E-state index < -0.39 is 0 Å². The average molecular weight is 255 g/mol. The predicted octanol–water partition coefficient (Wildman–Crippen LogP) is 1.16. The van der Waals surface area contributed by atoms with Crippen molar-refractivity contribution in [1.29, 1.82) is 0 Å². The Morgan fingerprint density at radius 3 is 2.26 bits per heavy atom. The van der Waals surface area contributed by atoms with Crippen LogP contribution in [0.25, 0.3) is 5.69 Å². The first-order chi connectivity index (χ1) is 9.16. The molecule has 0 saturated carbocycles. The van der Waals surface area contributed by atoms with Gasteiger partial charge in [0, 0.05) is 0 Å². The summed E-state index contributed by atoms with van der Waals surface area (Å²) >= 11 is 0. The van der Waals surface area contributed by atoms with Gasteiger partial charge < -0.3 is 0 Å². The first-order valence-electron chi connectivity index (χ1n) is 6.38. The number of hydrogen-bond acceptors (Lipinski definition) is 2. The summed E-state index contributed by atoms with van der Waals surface area (Å²) in [5.41, 5.74) is 1.19. The summed E-state index contributed by atoms with van der Waals surface area (Å²) in [5.74, 6) is 0. The summed E-state index contributed by atoms with van der Waals surface area (Å²) in [6.07, 6.45) is 4.84. The number of fused-ring (bicyclic) bond motifs is 5. The lowest BCUT2D eigenvalue weighted by Crippen LogP contribution is -2.28. The van der Waals surface area contributed by atoms with E-state index in [1.165, 1.54) is 4.57 Å². The Kier molecular flexibility index (Phi) is 1.88. The number of allylic oxidation sites excluding steroid dienone is 2. The van der Waals surface area contributed by atoms with E-state index in [9.17, 15) is 9.59 Å². The summed E-state index contributed by atoms with van der Waals surface area (Å²) in [4.78, 5) is 24.9. The molecule has 2 heterocycles. The molecule has 1 aromatic heterocycles. The van der Waals surface area contributed by atoms with Crippen LogP contribution in [0.5, 0.6) is 0 Å². The van der Waals surface area contributed by atoms with E-state index >= 15 is 0 Å². The van der Waals surface area contributed by atoms with Crippen molar-refractivity contribution in [2.45, 2.75) is 25.4 Å². The Hall–Kier alpha value is -2.30. The number of nitrogens with zero attached hydrogens (tertiary/aromatic N) is 3. The Labute approximate surface area is 109 Å². The third-order valence-electron chi connectivity index (χ3n) is 3.93. The standard InChI is InChI=1S/C14H13N3O2/c1-9-3-2-4-10(7-9)15-13(18)16-11-5-6-12(8-11)17(16)14(15)19/h2-7,11-12H,8H2,1H3. The normalized spacial score (nSPS) is 23.0. The van der Waals surface area contributed by atoms with Crippen molar-refractivity contribution in [3.8, 4) is 5.69 Å². The maximum atomic E-state index is 12.5. The van der Waals surface area contributed by atoms with Crippen LogP contribution in [-0.4, -0.2) is 13.9 Å². The van der Waals surface area contributed by atoms with Crippen molar-refractivity contribution in [2.24, 2.45) is 0 Å². The van der Waals surface area contributed by atoms with Gasteiger partial charge in [-0.1, -0.05) is 24.3 Å². The van der Waals surface area contributed by atoms with Crippen LogP contribution < -0.4 is 11.4 Å². The minimum Gasteiger partial charge on any atom is -0.245 e. The van der Waals surface area contributed by atoms with Gasteiger partial charge in [0.1, 0.15) is 0 Å². The zero-order valence-electron chi connectivity index (χ0n) is 10.5. The largest absolute Gasteiger partial charge is 0.352 e. The van der Waals surface area contributed by atoms with Crippen LogP contribution in [0.4, 0.5) is 0 Å². The molecule has 0 spiro atoms. The molecule has 5 nitrogen and oxygen atoms in total. The number of aryl methyl sites for hydroxylation is 1. The fourth-order valence-electron chi connectivity index (χ4n) is 3.09. The molecule has 2 unspecified atom stereocenters. The quantitative estimate of drug-likeness (QED) is 0.718. The molecule has 0 radical (unpaired) electrons. The summed E-state index contributed by atoms with van der Waals surface area (Å²) in [6, 6.07) is 7.53. The van der Waals surface area contributed by atoms with E-state index in [2.05, 4.69) is 0 Å². The van der Waals surface area contributed by atoms with Crippen molar-refractivity contribution in [1.82, 2.24) is 13.9 Å². The highest BCUT2D eigenvalue weighted by Crippen LogP contribution is 2.35. The maximum Gasteiger partial charge on any atom is 0.352 e. The lowest BCUT2D eigenvalue weighted by molar-refractivity contribution is 0.505. The van der Waals surface area contributed by atoms with Gasteiger partial charge >= 0.3 is 11.4 Å². The Balaban J connectivity index is 2.03. The van der Waals surface area contributed by atoms with Crippen LogP contribution >= 0.6 is 0 Å². The predicted molar refractivity (Wildman–Crippen MR) is 70.9 cm³/mol. The number of benzene rings is 1. The molecule has 96 valence electrons. The van der Waals surface area contributed by atoms with Crippen molar-refractivity contribution in [2.75, 3.05) is 0 Å². The first-order valence-corrected chi connectivity index (χ1v) is 6.38. The number of aromatic nitrogens is 3. The van der Waals surface area contributed by atoms with Gasteiger partial charge in [0.15, 0.2) is 0 Å². The lowest BCUT2D eigenvalue weighted by atomic mass is 10.2. The van der Waals surface area contributed by atoms with Gasteiger partial charge in [0.25, 0.3) is 0 Å². The molecule has 0 fully saturated rings. The van der Waals surface area contributed by atoms with Crippen molar-refractivity contribution in [3.63, 3.8) is 0 Å². The van der Waals surface area contributed by atoms with E-state index in [1.807, 2.05) is 37.3 Å². The van der Waals surface area contributed by atoms with Gasteiger partial charge in [-0.2, -0.15) is 0 Å². The SMILES string of the molecule is Cc1cccc(-n2c(=O)n3n(c2=O)C2C=CC3C2)c1. The van der Waals surface area contributed by atoms with Crippen LogP contribution in [0, 0.1) is 6.92 Å². The molecule has 5 heteroatoms. The van der Waals surface area contributed by atoms with E-state index in [0.29, 0.717) is 5.69 Å². The molecule has 1 aliphatic heterocycles. The fourth-order valence-corrected chi connectivity index (χ4v) is 3.09. The van der Waals surface area contributed by atoms with E-state index in [-0.39, 0.29) is 23.5 Å². The first kappa shape index (κ1) is 10.6. The van der Waals surface area contributed by atoms with Gasteiger partial charge in [-0.3, -0.25) is 0 Å². The molecule has 2 bridgehead atoms. The molecule has 1 aliphatic carbocycles. The third-order valence-corrected chi connectivity index (χ3v) is 3.93.